The van der Waals surface area contributed by atoms with Gasteiger partial charge in [-0.15, -0.1) is 0 Å². The summed E-state index contributed by atoms with van der Waals surface area (Å²) in [4.78, 5) is 27.4. The van der Waals surface area contributed by atoms with Gasteiger partial charge in [0.05, 0.1) is 17.9 Å². The molecule has 1 aliphatic carbocycles. The number of aliphatic hydroxyl groups excluding tert-OH is 1. The van der Waals surface area contributed by atoms with Crippen molar-refractivity contribution >= 4 is 17.4 Å². The second kappa shape index (κ2) is 7.76. The molecule has 5 rings (SSSR count). The van der Waals surface area contributed by atoms with Crippen molar-refractivity contribution in [1.29, 1.82) is 0 Å². The summed E-state index contributed by atoms with van der Waals surface area (Å²) in [6.45, 7) is 0.964. The van der Waals surface area contributed by atoms with E-state index in [0.717, 1.165) is 32.1 Å². The van der Waals surface area contributed by atoms with Gasteiger partial charge >= 0.3 is 0 Å². The van der Waals surface area contributed by atoms with Crippen LogP contribution in [-0.2, 0) is 27.2 Å². The number of aliphatic hydroxyl groups is 1. The van der Waals surface area contributed by atoms with Crippen LogP contribution in [0.25, 0.3) is 5.76 Å². The van der Waals surface area contributed by atoms with Gasteiger partial charge in [-0.1, -0.05) is 12.1 Å². The van der Waals surface area contributed by atoms with E-state index >= 15 is 0 Å². The fourth-order valence-corrected chi connectivity index (χ4v) is 4.85. The number of hydrogen-bond donors (Lipinski definition) is 1. The highest BCUT2D eigenvalue weighted by molar-refractivity contribution is 6.46. The molecule has 1 N–H and O–H groups in total. The molecule has 0 saturated carbocycles. The second-order valence-corrected chi connectivity index (χ2v) is 8.29. The van der Waals surface area contributed by atoms with Crippen molar-refractivity contribution in [3.63, 3.8) is 0 Å². The Labute approximate surface area is 175 Å². The smallest absolute Gasteiger partial charge is 0.295 e. The van der Waals surface area contributed by atoms with E-state index in [-0.39, 0.29) is 17.4 Å². The number of carbonyl (C=O) groups excluding carboxylic acids is 2. The zero-order chi connectivity index (χ0) is 20.7. The number of carbonyl (C=O) groups is 2. The lowest BCUT2D eigenvalue weighted by Gasteiger charge is -2.25. The summed E-state index contributed by atoms with van der Waals surface area (Å²) >= 11 is 0. The third-order valence-electron chi connectivity index (χ3n) is 6.40. The van der Waals surface area contributed by atoms with Crippen LogP contribution in [0.5, 0.6) is 0 Å². The molecule has 30 heavy (non-hydrogen) atoms. The molecule has 1 aromatic carbocycles. The van der Waals surface area contributed by atoms with Crippen LogP contribution in [0.4, 0.5) is 0 Å². The molecule has 2 unspecified atom stereocenters. The number of Topliss-reactive ketones (excluding diaryl/α,β-unsaturated/α-hetero) is 1. The molecule has 6 nitrogen and oxygen atoms in total. The third-order valence-corrected chi connectivity index (χ3v) is 6.40. The Hall–Kier alpha value is -2.86. The van der Waals surface area contributed by atoms with Gasteiger partial charge in [0.2, 0.25) is 0 Å². The highest BCUT2D eigenvalue weighted by Gasteiger charge is 2.48. The summed E-state index contributed by atoms with van der Waals surface area (Å²) in [5, 5.41) is 11.2. The average molecular weight is 407 g/mol. The van der Waals surface area contributed by atoms with Gasteiger partial charge in [-0.3, -0.25) is 9.59 Å². The number of rotatable bonds is 4. The zero-order valence-corrected chi connectivity index (χ0v) is 16.8. The first kappa shape index (κ1) is 19.1. The molecule has 0 bridgehead atoms. The molecule has 3 heterocycles. The molecule has 6 heteroatoms. The molecule has 1 aromatic heterocycles. The molecule has 156 valence electrons. The highest BCUT2D eigenvalue weighted by atomic mass is 16.5. The van der Waals surface area contributed by atoms with Crippen LogP contribution in [0.3, 0.4) is 0 Å². The van der Waals surface area contributed by atoms with Gasteiger partial charge in [-0.2, -0.15) is 0 Å². The summed E-state index contributed by atoms with van der Waals surface area (Å²) in [6, 6.07) is 8.52. The monoisotopic (exact) mass is 407 g/mol. The van der Waals surface area contributed by atoms with E-state index < -0.39 is 17.7 Å². The van der Waals surface area contributed by atoms with E-state index in [0.29, 0.717) is 24.5 Å². The molecule has 2 aromatic rings. The number of hydrogen-bond acceptors (Lipinski definition) is 5. The quantitative estimate of drug-likeness (QED) is 0.474. The molecule has 3 aliphatic rings. The minimum absolute atomic E-state index is 0.0868. The van der Waals surface area contributed by atoms with Crippen molar-refractivity contribution in [2.24, 2.45) is 0 Å². The van der Waals surface area contributed by atoms with Crippen LogP contribution in [0.15, 0.2) is 46.6 Å². The number of nitrogens with zero attached hydrogens (tertiary/aromatic N) is 1. The van der Waals surface area contributed by atoms with Crippen LogP contribution < -0.4 is 0 Å². The predicted octanol–water partition coefficient (Wildman–Crippen LogP) is 3.76. The van der Waals surface area contributed by atoms with E-state index in [1.807, 2.05) is 18.2 Å². The Bertz CT molecular complexity index is 1000. The van der Waals surface area contributed by atoms with Crippen molar-refractivity contribution in [2.45, 2.75) is 50.7 Å². The predicted molar refractivity (Wildman–Crippen MR) is 110 cm³/mol. The Kier molecular flexibility index (Phi) is 4.95. The summed E-state index contributed by atoms with van der Waals surface area (Å²) in [6.07, 6.45) is 7.49. The molecule has 0 radical (unpaired) electrons. The summed E-state index contributed by atoms with van der Waals surface area (Å²) in [5.41, 5.74) is 3.15. The van der Waals surface area contributed by atoms with Crippen molar-refractivity contribution in [2.75, 3.05) is 13.2 Å². The maximum atomic E-state index is 13.0. The minimum Gasteiger partial charge on any atom is -0.507 e. The lowest BCUT2D eigenvalue weighted by atomic mass is 9.89. The number of ether oxygens (including phenoxy) is 1. The molecule has 1 amide bonds. The first-order valence-electron chi connectivity index (χ1n) is 10.7. The maximum absolute atomic E-state index is 13.0. The fraction of sp³-hybridized carbons (Fsp3) is 0.417. The van der Waals surface area contributed by atoms with E-state index in [4.69, 9.17) is 9.15 Å². The molecule has 2 atom stereocenters. The highest BCUT2D eigenvalue weighted by Crippen LogP contribution is 2.40. The van der Waals surface area contributed by atoms with Crippen LogP contribution in [-0.4, -0.2) is 41.0 Å². The van der Waals surface area contributed by atoms with E-state index in [9.17, 15) is 14.7 Å². The van der Waals surface area contributed by atoms with E-state index in [1.54, 1.807) is 12.1 Å². The lowest BCUT2D eigenvalue weighted by Crippen LogP contribution is -2.36. The standard InChI is InChI=1S/C24H25NO5/c26-22(17-10-9-15-5-1-2-6-16(15)13-17)20-21(19-8-4-12-30-19)25(24(28)23(20)27)14-18-7-3-11-29-18/h4,8-10,12-13,18,21,26H,1-3,5-7,11,14H2/b22-20-. The van der Waals surface area contributed by atoms with Crippen LogP contribution >= 0.6 is 0 Å². The first-order chi connectivity index (χ1) is 14.6. The second-order valence-electron chi connectivity index (χ2n) is 8.29. The number of furan rings is 1. The Morgan fingerprint density at radius 2 is 1.93 bits per heavy atom. The minimum atomic E-state index is -0.750. The van der Waals surface area contributed by atoms with Gasteiger partial charge < -0.3 is 19.2 Å². The number of benzene rings is 1. The van der Waals surface area contributed by atoms with Crippen molar-refractivity contribution in [1.82, 2.24) is 4.90 Å². The van der Waals surface area contributed by atoms with Gasteiger partial charge in [0.25, 0.3) is 11.7 Å². The molecule has 2 saturated heterocycles. The van der Waals surface area contributed by atoms with Gasteiger partial charge in [-0.05, 0) is 67.9 Å². The Morgan fingerprint density at radius 1 is 1.10 bits per heavy atom. The van der Waals surface area contributed by atoms with Gasteiger partial charge in [0.15, 0.2) is 0 Å². The molecular formula is C24H25NO5. The van der Waals surface area contributed by atoms with Crippen LogP contribution in [0, 0.1) is 0 Å². The normalized spacial score (nSPS) is 25.7. The van der Waals surface area contributed by atoms with Gasteiger partial charge in [0.1, 0.15) is 17.6 Å². The maximum Gasteiger partial charge on any atom is 0.295 e. The topological polar surface area (TPSA) is 80.0 Å². The van der Waals surface area contributed by atoms with Crippen molar-refractivity contribution < 1.29 is 23.8 Å². The van der Waals surface area contributed by atoms with E-state index in [1.165, 1.54) is 28.7 Å². The summed E-state index contributed by atoms with van der Waals surface area (Å²) in [5.74, 6) is -0.972. The first-order valence-corrected chi connectivity index (χ1v) is 10.7. The number of ketones is 1. The number of likely N-dealkylation sites (tertiary alicyclic amines) is 1. The summed E-state index contributed by atoms with van der Waals surface area (Å²) in [7, 11) is 0. The fourth-order valence-electron chi connectivity index (χ4n) is 4.85. The molecule has 2 fully saturated rings. The summed E-state index contributed by atoms with van der Waals surface area (Å²) < 4.78 is 11.3. The van der Waals surface area contributed by atoms with Crippen molar-refractivity contribution in [3.05, 3.63) is 64.6 Å². The van der Waals surface area contributed by atoms with Gasteiger partial charge in [-0.25, -0.2) is 0 Å². The molecular weight excluding hydrogens is 382 g/mol. The van der Waals surface area contributed by atoms with Crippen molar-refractivity contribution in [3.8, 4) is 0 Å². The lowest BCUT2D eigenvalue weighted by molar-refractivity contribution is -0.141. The average Bonchev–Trinajstić information content (AvgIpc) is 3.52. The van der Waals surface area contributed by atoms with Crippen LogP contribution in [0.2, 0.25) is 0 Å². The molecule has 2 aliphatic heterocycles. The Morgan fingerprint density at radius 3 is 2.67 bits per heavy atom. The largest absolute Gasteiger partial charge is 0.507 e. The van der Waals surface area contributed by atoms with Gasteiger partial charge in [0, 0.05) is 18.7 Å². The molecule has 0 spiro atoms. The SMILES string of the molecule is O=C1C(=O)N(CC2CCCO2)C(c2ccco2)/C1=C(/O)c1ccc2c(c1)CCCC2. The zero-order valence-electron chi connectivity index (χ0n) is 16.8. The third kappa shape index (κ3) is 3.25. The number of amides is 1. The Balaban J connectivity index is 1.57. The van der Waals surface area contributed by atoms with Crippen LogP contribution in [0.1, 0.15) is 54.2 Å². The number of fused-ring (bicyclic) bond motifs is 1. The number of aryl methyl sites for hydroxylation is 2. The van der Waals surface area contributed by atoms with E-state index in [2.05, 4.69) is 0 Å².